The fraction of sp³-hybridized carbons (Fsp3) is 0.538. The molecule has 0 saturated carbocycles. The number of hydrogen-bond acceptors (Lipinski definition) is 3. The van der Waals surface area contributed by atoms with Crippen molar-refractivity contribution in [3.05, 3.63) is 28.8 Å². The Morgan fingerprint density at radius 2 is 2.32 bits per heavy atom. The topological polar surface area (TPSA) is 45.2 Å². The van der Waals surface area contributed by atoms with E-state index >= 15 is 0 Å². The number of carbonyl (C=O) groups is 1. The lowest BCUT2D eigenvalue weighted by molar-refractivity contribution is 0.0904. The lowest BCUT2D eigenvalue weighted by Crippen LogP contribution is -2.47. The Bertz CT molecular complexity index is 499. The van der Waals surface area contributed by atoms with Crippen LogP contribution in [0.1, 0.15) is 23.3 Å². The van der Waals surface area contributed by atoms with Gasteiger partial charge in [0.1, 0.15) is 5.69 Å². The van der Waals surface area contributed by atoms with Crippen molar-refractivity contribution in [2.45, 2.75) is 18.9 Å². The summed E-state index contributed by atoms with van der Waals surface area (Å²) >= 11 is 5.58. The van der Waals surface area contributed by atoms with Gasteiger partial charge in [-0.2, -0.15) is 0 Å². The number of nitrogens with one attached hydrogen (secondary N) is 1. The normalized spacial score (nSPS) is 29.3. The van der Waals surface area contributed by atoms with Crippen molar-refractivity contribution >= 4 is 17.5 Å². The molecule has 2 saturated heterocycles. The molecule has 3 atom stereocenters. The predicted octanol–water partition coefficient (Wildman–Crippen LogP) is 1.70. The van der Waals surface area contributed by atoms with Crippen LogP contribution in [0, 0.1) is 11.7 Å². The molecule has 19 heavy (non-hydrogen) atoms. The Kier molecular flexibility index (Phi) is 3.41. The monoisotopic (exact) mass is 283 g/mol. The zero-order chi connectivity index (χ0) is 13.4. The van der Waals surface area contributed by atoms with Crippen molar-refractivity contribution < 1.29 is 9.18 Å². The Balaban J connectivity index is 1.66. The lowest BCUT2D eigenvalue weighted by Gasteiger charge is -2.30. The minimum absolute atomic E-state index is 0.152. The van der Waals surface area contributed by atoms with Crippen molar-refractivity contribution in [1.82, 2.24) is 15.2 Å². The van der Waals surface area contributed by atoms with Gasteiger partial charge in [0.25, 0.3) is 5.91 Å². The highest BCUT2D eigenvalue weighted by Gasteiger charge is 2.33. The lowest BCUT2D eigenvalue weighted by atomic mass is 9.97. The van der Waals surface area contributed by atoms with E-state index in [1.807, 2.05) is 0 Å². The number of amides is 1. The molecule has 0 spiro atoms. The second-order valence-corrected chi connectivity index (χ2v) is 5.65. The van der Waals surface area contributed by atoms with Gasteiger partial charge in [-0.3, -0.25) is 4.79 Å². The molecule has 2 aliphatic heterocycles. The average Bonchev–Trinajstić information content (AvgIpc) is 2.72. The minimum Gasteiger partial charge on any atom is -0.347 e. The quantitative estimate of drug-likeness (QED) is 0.840. The van der Waals surface area contributed by atoms with Crippen LogP contribution in [-0.4, -0.2) is 41.5 Å². The van der Waals surface area contributed by atoms with Gasteiger partial charge >= 0.3 is 0 Å². The SMILES string of the molecule is O=C(N[C@@H]1C[C@@H]2CCN(C2)C1)c1ccc(F)c(Cl)n1. The van der Waals surface area contributed by atoms with Crippen molar-refractivity contribution in [2.24, 2.45) is 5.92 Å². The number of pyridine rings is 1. The summed E-state index contributed by atoms with van der Waals surface area (Å²) in [5, 5.41) is 2.69. The van der Waals surface area contributed by atoms with Gasteiger partial charge in [-0.15, -0.1) is 0 Å². The highest BCUT2D eigenvalue weighted by Crippen LogP contribution is 2.26. The van der Waals surface area contributed by atoms with Crippen LogP contribution in [0.4, 0.5) is 4.39 Å². The Morgan fingerprint density at radius 1 is 1.47 bits per heavy atom. The summed E-state index contributed by atoms with van der Waals surface area (Å²) < 4.78 is 13.0. The molecule has 2 fully saturated rings. The van der Waals surface area contributed by atoms with E-state index in [0.29, 0.717) is 5.92 Å². The van der Waals surface area contributed by atoms with Crippen molar-refractivity contribution in [3.8, 4) is 0 Å². The predicted molar refractivity (Wildman–Crippen MR) is 69.6 cm³/mol. The summed E-state index contributed by atoms with van der Waals surface area (Å²) in [6.07, 6.45) is 2.23. The van der Waals surface area contributed by atoms with Crippen LogP contribution in [0.5, 0.6) is 0 Å². The fourth-order valence-electron chi connectivity index (χ4n) is 2.97. The third kappa shape index (κ3) is 2.72. The van der Waals surface area contributed by atoms with Crippen LogP contribution in [-0.2, 0) is 0 Å². The molecular formula is C13H15ClFN3O. The maximum absolute atomic E-state index is 13.0. The van der Waals surface area contributed by atoms with Crippen LogP contribution in [0.15, 0.2) is 12.1 Å². The molecule has 4 nitrogen and oxygen atoms in total. The molecule has 102 valence electrons. The van der Waals surface area contributed by atoms with Gasteiger partial charge in [0.15, 0.2) is 11.0 Å². The summed E-state index contributed by atoms with van der Waals surface area (Å²) in [5.74, 6) is -0.210. The number of halogens is 2. The van der Waals surface area contributed by atoms with Crippen LogP contribution in [0.2, 0.25) is 5.15 Å². The van der Waals surface area contributed by atoms with E-state index in [0.717, 1.165) is 32.1 Å². The molecule has 1 unspecified atom stereocenters. The van der Waals surface area contributed by atoms with E-state index < -0.39 is 5.82 Å². The number of rotatable bonds is 2. The molecule has 0 radical (unpaired) electrons. The van der Waals surface area contributed by atoms with Crippen molar-refractivity contribution in [3.63, 3.8) is 0 Å². The van der Waals surface area contributed by atoms with Gasteiger partial charge in [-0.05, 0) is 37.4 Å². The highest BCUT2D eigenvalue weighted by atomic mass is 35.5. The van der Waals surface area contributed by atoms with Crippen LogP contribution in [0.25, 0.3) is 0 Å². The van der Waals surface area contributed by atoms with Crippen LogP contribution < -0.4 is 5.32 Å². The first-order valence-electron chi connectivity index (χ1n) is 6.47. The maximum Gasteiger partial charge on any atom is 0.270 e. The number of fused-ring (bicyclic) bond motifs is 2. The fourth-order valence-corrected chi connectivity index (χ4v) is 3.12. The third-order valence-corrected chi connectivity index (χ3v) is 4.10. The Morgan fingerprint density at radius 3 is 3.05 bits per heavy atom. The smallest absolute Gasteiger partial charge is 0.270 e. The molecule has 6 heteroatoms. The zero-order valence-corrected chi connectivity index (χ0v) is 11.2. The highest BCUT2D eigenvalue weighted by molar-refractivity contribution is 6.29. The molecule has 2 bridgehead atoms. The van der Waals surface area contributed by atoms with E-state index in [4.69, 9.17) is 11.6 Å². The van der Waals surface area contributed by atoms with Gasteiger partial charge in [0, 0.05) is 19.1 Å². The largest absolute Gasteiger partial charge is 0.347 e. The van der Waals surface area contributed by atoms with Gasteiger partial charge in [0.2, 0.25) is 0 Å². The molecule has 1 N–H and O–H groups in total. The second-order valence-electron chi connectivity index (χ2n) is 5.29. The first kappa shape index (κ1) is 12.8. The summed E-state index contributed by atoms with van der Waals surface area (Å²) in [6.45, 7) is 3.15. The van der Waals surface area contributed by atoms with E-state index in [9.17, 15) is 9.18 Å². The summed E-state index contributed by atoms with van der Waals surface area (Å²) in [6, 6.07) is 2.67. The number of piperidine rings is 1. The molecule has 1 aromatic heterocycles. The molecule has 0 aromatic carbocycles. The van der Waals surface area contributed by atoms with E-state index in [-0.39, 0.29) is 22.8 Å². The number of hydrogen-bond donors (Lipinski definition) is 1. The molecule has 1 amide bonds. The van der Waals surface area contributed by atoms with Crippen molar-refractivity contribution in [2.75, 3.05) is 19.6 Å². The van der Waals surface area contributed by atoms with Crippen LogP contribution >= 0.6 is 11.6 Å². The maximum atomic E-state index is 13.0. The van der Waals surface area contributed by atoms with E-state index in [1.54, 1.807) is 0 Å². The van der Waals surface area contributed by atoms with Crippen molar-refractivity contribution in [1.29, 1.82) is 0 Å². The van der Waals surface area contributed by atoms with Gasteiger partial charge < -0.3 is 10.2 Å². The number of aromatic nitrogens is 1. The van der Waals surface area contributed by atoms with E-state index in [1.165, 1.54) is 12.5 Å². The third-order valence-electron chi connectivity index (χ3n) is 3.84. The number of nitrogens with zero attached hydrogens (tertiary/aromatic N) is 2. The van der Waals surface area contributed by atoms with Gasteiger partial charge in [-0.1, -0.05) is 11.6 Å². The molecule has 3 rings (SSSR count). The van der Waals surface area contributed by atoms with Gasteiger partial charge in [0.05, 0.1) is 0 Å². The Labute approximate surface area is 115 Å². The first-order valence-corrected chi connectivity index (χ1v) is 6.85. The Hall–Kier alpha value is -1.20. The molecular weight excluding hydrogens is 269 g/mol. The van der Waals surface area contributed by atoms with Gasteiger partial charge in [-0.25, -0.2) is 9.37 Å². The van der Waals surface area contributed by atoms with Crippen LogP contribution in [0.3, 0.4) is 0 Å². The summed E-state index contributed by atoms with van der Waals surface area (Å²) in [4.78, 5) is 18.2. The minimum atomic E-state index is -0.611. The summed E-state index contributed by atoms with van der Waals surface area (Å²) in [7, 11) is 0. The number of carbonyl (C=O) groups excluding carboxylic acids is 1. The van der Waals surface area contributed by atoms with E-state index in [2.05, 4.69) is 15.2 Å². The molecule has 3 heterocycles. The molecule has 1 aromatic rings. The standard InChI is InChI=1S/C13H15ClFN3O/c14-12-10(15)1-2-11(17-12)13(19)16-9-5-8-3-4-18(6-8)7-9/h1-2,8-9H,3-7H2,(H,16,19)/t8-,9+/m0/s1. The first-order chi connectivity index (χ1) is 9.11. The zero-order valence-electron chi connectivity index (χ0n) is 10.4. The average molecular weight is 284 g/mol. The molecule has 2 aliphatic rings. The second kappa shape index (κ2) is 5.06. The summed E-state index contributed by atoms with van der Waals surface area (Å²) in [5.41, 5.74) is 0.166. The molecule has 0 aliphatic carbocycles.